The van der Waals surface area contributed by atoms with Gasteiger partial charge in [-0.3, -0.25) is 9.59 Å². The lowest BCUT2D eigenvalue weighted by atomic mass is 9.85. The second kappa shape index (κ2) is 3.84. The monoisotopic (exact) mass is 209 g/mol. The number of hydrogen-bond acceptors (Lipinski definition) is 4. The number of carbonyl (C=O) groups excluding carboxylic acids is 1. The van der Waals surface area contributed by atoms with E-state index in [0.717, 1.165) is 0 Å². The number of hydrogen-bond donors (Lipinski definition) is 1. The summed E-state index contributed by atoms with van der Waals surface area (Å²) in [5.41, 5.74) is 0.557. The first-order chi connectivity index (χ1) is 7.16. The topological polar surface area (TPSA) is 80.4 Å². The van der Waals surface area contributed by atoms with Crippen molar-refractivity contribution in [2.75, 3.05) is 0 Å². The Morgan fingerprint density at radius 1 is 1.60 bits per heavy atom. The summed E-state index contributed by atoms with van der Waals surface area (Å²) < 4.78 is 4.95. The van der Waals surface area contributed by atoms with Crippen LogP contribution in [0.3, 0.4) is 0 Å². The number of ketones is 1. The lowest BCUT2D eigenvalue weighted by Gasteiger charge is -2.18. The van der Waals surface area contributed by atoms with Gasteiger partial charge in [0.05, 0.1) is 11.8 Å². The third kappa shape index (κ3) is 2.06. The predicted molar refractivity (Wildman–Crippen MR) is 49.5 cm³/mol. The molecule has 0 bridgehead atoms. The Bertz CT molecular complexity index is 396. The van der Waals surface area contributed by atoms with Gasteiger partial charge in [-0.25, -0.2) is 0 Å². The zero-order valence-electron chi connectivity index (χ0n) is 8.10. The maximum absolute atomic E-state index is 11.6. The van der Waals surface area contributed by atoms with Crippen LogP contribution in [0.2, 0.25) is 0 Å². The zero-order chi connectivity index (χ0) is 10.8. The quantitative estimate of drug-likeness (QED) is 0.811. The van der Waals surface area contributed by atoms with E-state index in [2.05, 4.69) is 5.16 Å². The second-order valence-corrected chi connectivity index (χ2v) is 3.79. The molecular weight excluding hydrogens is 198 g/mol. The number of carbonyl (C=O) groups is 2. The summed E-state index contributed by atoms with van der Waals surface area (Å²) in [7, 11) is 0. The van der Waals surface area contributed by atoms with Gasteiger partial charge in [-0.05, 0) is 12.3 Å². The van der Waals surface area contributed by atoms with Crippen LogP contribution in [-0.2, 0) is 11.2 Å². The molecule has 0 radical (unpaired) electrons. The van der Waals surface area contributed by atoms with E-state index < -0.39 is 5.97 Å². The first-order valence-electron chi connectivity index (χ1n) is 4.85. The number of aromatic nitrogens is 1. The molecule has 1 aromatic rings. The predicted octanol–water partition coefficient (Wildman–Crippen LogP) is 1.28. The highest BCUT2D eigenvalue weighted by molar-refractivity contribution is 5.97. The summed E-state index contributed by atoms with van der Waals surface area (Å²) in [5.74, 6) is -0.144. The van der Waals surface area contributed by atoms with E-state index in [4.69, 9.17) is 9.63 Å². The van der Waals surface area contributed by atoms with E-state index in [-0.39, 0.29) is 18.1 Å². The Morgan fingerprint density at radius 3 is 3.13 bits per heavy atom. The number of carboxylic acids is 1. The molecule has 0 spiro atoms. The number of nitrogens with zero attached hydrogens (tertiary/aromatic N) is 1. The molecule has 80 valence electrons. The van der Waals surface area contributed by atoms with Gasteiger partial charge in [0, 0.05) is 19.3 Å². The maximum atomic E-state index is 11.6. The summed E-state index contributed by atoms with van der Waals surface area (Å²) in [6.45, 7) is 0. The molecular formula is C10H11NO4. The first kappa shape index (κ1) is 9.89. The van der Waals surface area contributed by atoms with Crippen LogP contribution in [0.1, 0.15) is 35.4 Å². The van der Waals surface area contributed by atoms with Gasteiger partial charge in [-0.2, -0.15) is 0 Å². The molecule has 2 rings (SSSR count). The van der Waals surface area contributed by atoms with Crippen molar-refractivity contribution in [1.82, 2.24) is 5.16 Å². The van der Waals surface area contributed by atoms with Gasteiger partial charge in [0.1, 0.15) is 5.76 Å². The molecule has 0 saturated carbocycles. The fourth-order valence-electron chi connectivity index (χ4n) is 1.88. The highest BCUT2D eigenvalue weighted by Gasteiger charge is 2.28. The zero-order valence-corrected chi connectivity index (χ0v) is 8.10. The standard InChI is InChI=1S/C10H11NO4/c12-8-3-6(1-2-10(13)14)4-9-7(8)5-11-15-9/h5-6H,1-4H2,(H,13,14). The van der Waals surface area contributed by atoms with Crippen LogP contribution in [0.25, 0.3) is 0 Å². The van der Waals surface area contributed by atoms with E-state index in [0.29, 0.717) is 30.6 Å². The van der Waals surface area contributed by atoms with Crippen molar-refractivity contribution in [3.63, 3.8) is 0 Å². The molecule has 0 fully saturated rings. The molecule has 1 aliphatic carbocycles. The summed E-state index contributed by atoms with van der Waals surface area (Å²) in [6, 6.07) is 0. The highest BCUT2D eigenvalue weighted by Crippen LogP contribution is 2.27. The molecule has 0 aromatic carbocycles. The van der Waals surface area contributed by atoms with Crippen LogP contribution in [0.4, 0.5) is 0 Å². The Hall–Kier alpha value is -1.65. The highest BCUT2D eigenvalue weighted by atomic mass is 16.5. The Labute approximate surface area is 86.1 Å². The molecule has 0 aliphatic heterocycles. The maximum Gasteiger partial charge on any atom is 0.303 e. The van der Waals surface area contributed by atoms with Crippen molar-refractivity contribution in [1.29, 1.82) is 0 Å². The molecule has 5 heteroatoms. The fourth-order valence-corrected chi connectivity index (χ4v) is 1.88. The third-order valence-electron chi connectivity index (χ3n) is 2.66. The first-order valence-corrected chi connectivity index (χ1v) is 4.85. The molecule has 0 saturated heterocycles. The van der Waals surface area contributed by atoms with Gasteiger partial charge in [0.25, 0.3) is 0 Å². The Kier molecular flexibility index (Phi) is 2.53. The minimum atomic E-state index is -0.828. The number of rotatable bonds is 3. The molecule has 1 N–H and O–H groups in total. The van der Waals surface area contributed by atoms with Gasteiger partial charge in [0.2, 0.25) is 0 Å². The van der Waals surface area contributed by atoms with Gasteiger partial charge < -0.3 is 9.63 Å². The lowest BCUT2D eigenvalue weighted by molar-refractivity contribution is -0.137. The van der Waals surface area contributed by atoms with E-state index >= 15 is 0 Å². The average Bonchev–Trinajstić information content (AvgIpc) is 2.63. The van der Waals surface area contributed by atoms with Crippen LogP contribution in [0, 0.1) is 5.92 Å². The number of carboxylic acid groups (broad SMARTS) is 1. The summed E-state index contributed by atoms with van der Waals surface area (Å²) in [6.07, 6.45) is 3.07. The summed E-state index contributed by atoms with van der Waals surface area (Å²) in [5, 5.41) is 12.1. The molecule has 1 aromatic heterocycles. The molecule has 1 aliphatic rings. The SMILES string of the molecule is O=C(O)CCC1CC(=O)c2cnoc2C1. The molecule has 0 amide bonds. The van der Waals surface area contributed by atoms with Crippen molar-refractivity contribution in [2.24, 2.45) is 5.92 Å². The molecule has 1 heterocycles. The van der Waals surface area contributed by atoms with E-state index in [1.807, 2.05) is 0 Å². The molecule has 1 unspecified atom stereocenters. The second-order valence-electron chi connectivity index (χ2n) is 3.79. The van der Waals surface area contributed by atoms with Gasteiger partial charge >= 0.3 is 5.97 Å². The van der Waals surface area contributed by atoms with Crippen LogP contribution in [0.5, 0.6) is 0 Å². The van der Waals surface area contributed by atoms with E-state index in [1.54, 1.807) is 0 Å². The average molecular weight is 209 g/mol. The Balaban J connectivity index is 2.03. The third-order valence-corrected chi connectivity index (χ3v) is 2.66. The number of aliphatic carboxylic acids is 1. The number of Topliss-reactive ketones (excluding diaryl/α,β-unsaturated/α-hetero) is 1. The van der Waals surface area contributed by atoms with Gasteiger partial charge in [-0.15, -0.1) is 0 Å². The van der Waals surface area contributed by atoms with Crippen molar-refractivity contribution in [2.45, 2.75) is 25.7 Å². The lowest BCUT2D eigenvalue weighted by Crippen LogP contribution is -2.19. The van der Waals surface area contributed by atoms with Crippen LogP contribution in [0.15, 0.2) is 10.7 Å². The van der Waals surface area contributed by atoms with Crippen LogP contribution < -0.4 is 0 Å². The van der Waals surface area contributed by atoms with Crippen molar-refractivity contribution >= 4 is 11.8 Å². The fraction of sp³-hybridized carbons (Fsp3) is 0.500. The minimum absolute atomic E-state index is 0.00730. The molecule has 15 heavy (non-hydrogen) atoms. The van der Waals surface area contributed by atoms with E-state index in [1.165, 1.54) is 6.20 Å². The normalized spacial score (nSPS) is 20.0. The van der Waals surface area contributed by atoms with Gasteiger partial charge in [-0.1, -0.05) is 5.16 Å². The van der Waals surface area contributed by atoms with Crippen molar-refractivity contribution < 1.29 is 19.2 Å². The largest absolute Gasteiger partial charge is 0.481 e. The van der Waals surface area contributed by atoms with Gasteiger partial charge in [0.15, 0.2) is 5.78 Å². The Morgan fingerprint density at radius 2 is 2.40 bits per heavy atom. The van der Waals surface area contributed by atoms with Crippen LogP contribution in [-0.4, -0.2) is 22.0 Å². The van der Waals surface area contributed by atoms with Crippen LogP contribution >= 0.6 is 0 Å². The van der Waals surface area contributed by atoms with E-state index in [9.17, 15) is 9.59 Å². The molecule has 1 atom stereocenters. The smallest absolute Gasteiger partial charge is 0.303 e. The minimum Gasteiger partial charge on any atom is -0.481 e. The summed E-state index contributed by atoms with van der Waals surface area (Å²) >= 11 is 0. The number of fused-ring (bicyclic) bond motifs is 1. The molecule has 5 nitrogen and oxygen atoms in total. The summed E-state index contributed by atoms with van der Waals surface area (Å²) in [4.78, 5) is 22.0. The van der Waals surface area contributed by atoms with Crippen molar-refractivity contribution in [3.05, 3.63) is 17.5 Å². The van der Waals surface area contributed by atoms with Crippen molar-refractivity contribution in [3.8, 4) is 0 Å².